The molecule has 0 aliphatic rings. The highest BCUT2D eigenvalue weighted by atomic mass is 19.4. The first-order chi connectivity index (χ1) is 6.56. The fraction of sp³-hybridized carbons (Fsp3) is 0.818. The number of allylic oxidation sites excluding steroid dienone is 1. The molecule has 0 nitrogen and oxygen atoms in total. The molecule has 0 aromatic carbocycles. The van der Waals surface area contributed by atoms with Gasteiger partial charge in [-0.3, -0.25) is 0 Å². The van der Waals surface area contributed by atoms with Crippen molar-refractivity contribution in [2.24, 2.45) is 0 Å². The lowest BCUT2D eigenvalue weighted by Crippen LogP contribution is -2.06. The molecular formula is C11H18F3. The monoisotopic (exact) mass is 207 g/mol. The quantitative estimate of drug-likeness (QED) is 0.508. The van der Waals surface area contributed by atoms with Crippen molar-refractivity contribution in [3.05, 3.63) is 12.7 Å². The van der Waals surface area contributed by atoms with Gasteiger partial charge in [-0.1, -0.05) is 38.3 Å². The van der Waals surface area contributed by atoms with Crippen molar-refractivity contribution in [3.63, 3.8) is 0 Å². The Kier molecular flexibility index (Phi) is 7.63. The maximum Gasteiger partial charge on any atom is 0.389 e. The first-order valence-corrected chi connectivity index (χ1v) is 5.16. The maximum absolute atomic E-state index is 11.7. The van der Waals surface area contributed by atoms with Crippen molar-refractivity contribution < 1.29 is 13.2 Å². The van der Waals surface area contributed by atoms with Gasteiger partial charge in [-0.25, -0.2) is 0 Å². The second-order valence-electron chi connectivity index (χ2n) is 3.51. The van der Waals surface area contributed by atoms with Crippen LogP contribution < -0.4 is 0 Å². The molecule has 14 heavy (non-hydrogen) atoms. The first kappa shape index (κ1) is 13.5. The van der Waals surface area contributed by atoms with Crippen LogP contribution >= 0.6 is 0 Å². The van der Waals surface area contributed by atoms with Crippen molar-refractivity contribution in [3.8, 4) is 0 Å². The molecule has 3 heteroatoms. The number of halogens is 3. The molecular weight excluding hydrogens is 189 g/mol. The first-order valence-electron chi connectivity index (χ1n) is 5.16. The molecule has 0 atom stereocenters. The third kappa shape index (κ3) is 11.5. The van der Waals surface area contributed by atoms with E-state index in [1.165, 1.54) is 0 Å². The molecule has 0 fully saturated rings. The summed E-state index contributed by atoms with van der Waals surface area (Å²) in [6, 6.07) is 0. The highest BCUT2D eigenvalue weighted by Crippen LogP contribution is 2.23. The van der Waals surface area contributed by atoms with Gasteiger partial charge in [-0.05, 0) is 19.3 Å². The number of hydrogen-bond acceptors (Lipinski definition) is 0. The average Bonchev–Trinajstić information content (AvgIpc) is 2.08. The molecule has 1 radical (unpaired) electrons. The Morgan fingerprint density at radius 2 is 1.36 bits per heavy atom. The fourth-order valence-electron chi connectivity index (χ4n) is 1.29. The van der Waals surface area contributed by atoms with Crippen LogP contribution in [0, 0.1) is 6.58 Å². The summed E-state index contributed by atoms with van der Waals surface area (Å²) in [5, 5.41) is 0. The van der Waals surface area contributed by atoms with E-state index in [0.29, 0.717) is 6.42 Å². The predicted octanol–water partition coefficient (Wildman–Crippen LogP) is 4.66. The van der Waals surface area contributed by atoms with Crippen molar-refractivity contribution in [1.29, 1.82) is 0 Å². The lowest BCUT2D eigenvalue weighted by molar-refractivity contribution is -0.135. The molecule has 0 heterocycles. The fourth-order valence-corrected chi connectivity index (χ4v) is 1.29. The molecule has 0 aliphatic carbocycles. The largest absolute Gasteiger partial charge is 0.389 e. The number of alkyl halides is 3. The molecule has 0 aromatic heterocycles. The van der Waals surface area contributed by atoms with Gasteiger partial charge < -0.3 is 0 Å². The van der Waals surface area contributed by atoms with E-state index in [2.05, 4.69) is 0 Å². The van der Waals surface area contributed by atoms with Gasteiger partial charge in [0.2, 0.25) is 0 Å². The van der Waals surface area contributed by atoms with Crippen LogP contribution in [-0.4, -0.2) is 6.18 Å². The van der Waals surface area contributed by atoms with E-state index in [9.17, 15) is 13.2 Å². The van der Waals surface area contributed by atoms with Crippen LogP contribution in [0.4, 0.5) is 13.2 Å². The number of hydrogen-bond donors (Lipinski definition) is 0. The Morgan fingerprint density at radius 1 is 0.857 bits per heavy atom. The van der Waals surface area contributed by atoms with Crippen LogP contribution in [0.1, 0.15) is 51.4 Å². The summed E-state index contributed by atoms with van der Waals surface area (Å²) in [5.41, 5.74) is 0. The van der Waals surface area contributed by atoms with Gasteiger partial charge >= 0.3 is 6.18 Å². The summed E-state index contributed by atoms with van der Waals surface area (Å²) in [6.45, 7) is 5.19. The van der Waals surface area contributed by atoms with Gasteiger partial charge in [0.25, 0.3) is 0 Å². The van der Waals surface area contributed by atoms with Gasteiger partial charge in [0, 0.05) is 6.42 Å². The Balaban J connectivity index is 3.03. The molecule has 0 aliphatic heterocycles. The SMILES string of the molecule is [CH]=CCCCCCCCCC(F)(F)F. The van der Waals surface area contributed by atoms with Crippen LogP contribution in [-0.2, 0) is 0 Å². The minimum absolute atomic E-state index is 0.270. The number of unbranched alkanes of at least 4 members (excludes halogenated alkanes) is 6. The average molecular weight is 207 g/mol. The predicted molar refractivity (Wildman–Crippen MR) is 51.9 cm³/mol. The van der Waals surface area contributed by atoms with E-state index in [0.717, 1.165) is 32.1 Å². The van der Waals surface area contributed by atoms with Crippen molar-refractivity contribution >= 4 is 0 Å². The topological polar surface area (TPSA) is 0 Å². The molecule has 0 bridgehead atoms. The van der Waals surface area contributed by atoms with Crippen LogP contribution in [0.2, 0.25) is 0 Å². The zero-order valence-corrected chi connectivity index (χ0v) is 8.45. The summed E-state index contributed by atoms with van der Waals surface area (Å²) in [5.74, 6) is 0. The van der Waals surface area contributed by atoms with Gasteiger partial charge in [0.15, 0.2) is 0 Å². The molecule has 0 rings (SSSR count). The van der Waals surface area contributed by atoms with E-state index in [-0.39, 0.29) is 6.42 Å². The van der Waals surface area contributed by atoms with E-state index >= 15 is 0 Å². The van der Waals surface area contributed by atoms with Gasteiger partial charge in [-0.15, -0.1) is 0 Å². The standard InChI is InChI=1S/C11H18F3/c1-2-3-4-5-6-7-8-9-10-11(12,13)14/h1-2H,3-10H2. The van der Waals surface area contributed by atoms with E-state index < -0.39 is 12.6 Å². The van der Waals surface area contributed by atoms with Gasteiger partial charge in [-0.2, -0.15) is 13.2 Å². The Labute approximate surface area is 84.2 Å². The van der Waals surface area contributed by atoms with Crippen molar-refractivity contribution in [1.82, 2.24) is 0 Å². The van der Waals surface area contributed by atoms with Gasteiger partial charge in [0.1, 0.15) is 0 Å². The molecule has 0 saturated heterocycles. The van der Waals surface area contributed by atoms with Crippen molar-refractivity contribution in [2.45, 2.75) is 57.5 Å². The lowest BCUT2D eigenvalue weighted by Gasteiger charge is -2.05. The summed E-state index contributed by atoms with van der Waals surface area (Å²) < 4.78 is 35.1. The molecule has 0 N–H and O–H groups in total. The molecule has 0 spiro atoms. The Bertz CT molecular complexity index is 138. The second-order valence-corrected chi connectivity index (χ2v) is 3.51. The highest BCUT2D eigenvalue weighted by molar-refractivity contribution is 4.61. The van der Waals surface area contributed by atoms with E-state index in [4.69, 9.17) is 6.58 Å². The molecule has 0 unspecified atom stereocenters. The van der Waals surface area contributed by atoms with E-state index in [1.54, 1.807) is 6.08 Å². The lowest BCUT2D eigenvalue weighted by atomic mass is 10.1. The number of rotatable bonds is 8. The zero-order valence-electron chi connectivity index (χ0n) is 8.45. The summed E-state index contributed by atoms with van der Waals surface area (Å²) in [7, 11) is 0. The summed E-state index contributed by atoms with van der Waals surface area (Å²) in [6.07, 6.45) is 2.92. The third-order valence-electron chi connectivity index (χ3n) is 2.08. The maximum atomic E-state index is 11.7. The smallest absolute Gasteiger partial charge is 0.171 e. The summed E-state index contributed by atoms with van der Waals surface area (Å²) in [4.78, 5) is 0. The van der Waals surface area contributed by atoms with Crippen molar-refractivity contribution in [2.75, 3.05) is 0 Å². The van der Waals surface area contributed by atoms with Crippen LogP contribution in [0.5, 0.6) is 0 Å². The highest BCUT2D eigenvalue weighted by Gasteiger charge is 2.25. The molecule has 0 aromatic rings. The van der Waals surface area contributed by atoms with Crippen LogP contribution in [0.3, 0.4) is 0 Å². The van der Waals surface area contributed by atoms with E-state index in [1.807, 2.05) is 0 Å². The Morgan fingerprint density at radius 3 is 1.86 bits per heavy atom. The van der Waals surface area contributed by atoms with Gasteiger partial charge in [0.05, 0.1) is 0 Å². The molecule has 83 valence electrons. The minimum atomic E-state index is -3.98. The third-order valence-corrected chi connectivity index (χ3v) is 2.08. The molecule has 0 saturated carbocycles. The molecule has 0 amide bonds. The van der Waals surface area contributed by atoms with Crippen LogP contribution in [0.25, 0.3) is 0 Å². The minimum Gasteiger partial charge on any atom is -0.171 e. The Hall–Kier alpha value is -0.470. The summed E-state index contributed by atoms with van der Waals surface area (Å²) >= 11 is 0. The normalized spacial score (nSPS) is 11.6. The second kappa shape index (κ2) is 7.89. The van der Waals surface area contributed by atoms with Crippen LogP contribution in [0.15, 0.2) is 6.08 Å². The zero-order chi connectivity index (χ0) is 10.9.